The molecule has 3 unspecified atom stereocenters. The summed E-state index contributed by atoms with van der Waals surface area (Å²) < 4.78 is 30.2. The quantitative estimate of drug-likeness (QED) is 0.0212. The zero-order valence-electron chi connectivity index (χ0n) is 47.1. The minimum Gasteiger partial charge on any atom is -0.756 e. The first-order valence-electron chi connectivity index (χ1n) is 29.0. The molecule has 72 heavy (non-hydrogen) atoms. The maximum absolute atomic E-state index is 13.5. The summed E-state index contributed by atoms with van der Waals surface area (Å²) in [4.78, 5) is 39.8. The summed E-state index contributed by atoms with van der Waals surface area (Å²) in [7, 11) is 1.13. The number of rotatable bonds is 51. The number of hydrogen-bond acceptors (Lipinski definition) is 7. The Labute approximate surface area is 443 Å². The van der Waals surface area contributed by atoms with Gasteiger partial charge in [0.2, 0.25) is 5.91 Å². The van der Waals surface area contributed by atoms with Gasteiger partial charge in [-0.1, -0.05) is 208 Å². The molecule has 0 saturated carbocycles. The number of esters is 1. The van der Waals surface area contributed by atoms with Gasteiger partial charge in [0.15, 0.2) is 0 Å². The molecule has 0 heterocycles. The second kappa shape index (κ2) is 51.4. The smallest absolute Gasteiger partial charge is 0.306 e. The summed E-state index contributed by atoms with van der Waals surface area (Å²) >= 11 is 0. The molecule has 3 atom stereocenters. The van der Waals surface area contributed by atoms with Gasteiger partial charge in [0.05, 0.1) is 33.8 Å². The summed E-state index contributed by atoms with van der Waals surface area (Å²) in [6.07, 6.45) is 68.0. The van der Waals surface area contributed by atoms with E-state index in [0.717, 1.165) is 83.5 Å². The van der Waals surface area contributed by atoms with Gasteiger partial charge in [0.1, 0.15) is 19.3 Å². The largest absolute Gasteiger partial charge is 0.756 e. The predicted molar refractivity (Wildman–Crippen MR) is 307 cm³/mol. The number of quaternary nitrogens is 1. The van der Waals surface area contributed by atoms with Crippen LogP contribution < -0.4 is 10.2 Å². The van der Waals surface area contributed by atoms with Crippen molar-refractivity contribution in [2.24, 2.45) is 0 Å². The normalized spacial score (nSPS) is 14.5. The second-order valence-electron chi connectivity index (χ2n) is 20.4. The zero-order chi connectivity index (χ0) is 52.9. The van der Waals surface area contributed by atoms with E-state index in [1.165, 1.54) is 103 Å². The highest BCUT2D eigenvalue weighted by Gasteiger charge is 2.27. The van der Waals surface area contributed by atoms with Gasteiger partial charge in [0.25, 0.3) is 7.82 Å². The Morgan fingerprint density at radius 1 is 0.486 bits per heavy atom. The third kappa shape index (κ3) is 51.8. The van der Waals surface area contributed by atoms with Crippen LogP contribution in [-0.2, 0) is 27.9 Å². The van der Waals surface area contributed by atoms with Crippen LogP contribution in [0.3, 0.4) is 0 Å². The summed E-state index contributed by atoms with van der Waals surface area (Å²) in [5.74, 6) is -0.638. The number of ether oxygens (including phenoxy) is 1. The van der Waals surface area contributed by atoms with Crippen molar-refractivity contribution in [3.63, 3.8) is 0 Å². The van der Waals surface area contributed by atoms with Crippen LogP contribution in [-0.4, -0.2) is 69.4 Å². The average molecular weight is 1030 g/mol. The maximum Gasteiger partial charge on any atom is 0.306 e. The van der Waals surface area contributed by atoms with Crippen LogP contribution in [0.4, 0.5) is 0 Å². The minimum absolute atomic E-state index is 0.0398. The van der Waals surface area contributed by atoms with E-state index in [-0.39, 0.29) is 25.4 Å². The summed E-state index contributed by atoms with van der Waals surface area (Å²) in [6.45, 7) is 6.71. The van der Waals surface area contributed by atoms with E-state index in [9.17, 15) is 19.0 Å². The second-order valence-corrected chi connectivity index (χ2v) is 21.8. The molecular formula is C62H109N2O7P. The van der Waals surface area contributed by atoms with Gasteiger partial charge in [-0.15, -0.1) is 0 Å². The molecule has 0 spiro atoms. The standard InChI is InChI=1S/C62H109N2O7P/c1-7-10-13-16-19-22-25-28-30-32-34-36-39-42-45-48-51-54-61(65)63-59(58-70-72(67,68)69-57-56-64(4,5)6)60(53-50-47-44-41-38-27-24-21-18-15-12-9-3)71-62(66)55-52-49-46-43-40-37-35-33-31-29-26-23-20-17-14-11-8-2/h19-20,22-23,28-31,34-37,43,46,50,53,59-60H,7-18,21,24-27,32-33,38-42,44-45,47-49,51-52,54-58H2,1-6H3,(H-,63,65,67,68)/b22-19-,23-20-,30-28-,31-29-,36-34-,37-35-,46-43-,53-50+. The van der Waals surface area contributed by atoms with Crippen molar-refractivity contribution in [3.8, 4) is 0 Å². The maximum atomic E-state index is 13.5. The molecule has 0 fully saturated rings. The minimum atomic E-state index is -4.72. The highest BCUT2D eigenvalue weighted by molar-refractivity contribution is 7.45. The Bertz CT molecular complexity index is 1560. The van der Waals surface area contributed by atoms with Crippen molar-refractivity contribution >= 4 is 19.7 Å². The van der Waals surface area contributed by atoms with Crippen molar-refractivity contribution < 1.29 is 37.3 Å². The first-order chi connectivity index (χ1) is 34.9. The lowest BCUT2D eigenvalue weighted by Crippen LogP contribution is -2.47. The summed E-state index contributed by atoms with van der Waals surface area (Å²) in [5.41, 5.74) is 0. The van der Waals surface area contributed by atoms with Crippen LogP contribution in [0.1, 0.15) is 233 Å². The molecule has 9 nitrogen and oxygen atoms in total. The first-order valence-corrected chi connectivity index (χ1v) is 30.5. The third-order valence-electron chi connectivity index (χ3n) is 12.2. The number of carbonyl (C=O) groups excluding carboxylic acids is 2. The van der Waals surface area contributed by atoms with Crippen molar-refractivity contribution in [1.82, 2.24) is 5.32 Å². The van der Waals surface area contributed by atoms with E-state index in [0.29, 0.717) is 23.9 Å². The average Bonchev–Trinajstić information content (AvgIpc) is 3.34. The van der Waals surface area contributed by atoms with E-state index < -0.39 is 32.5 Å². The van der Waals surface area contributed by atoms with Crippen LogP contribution in [0.2, 0.25) is 0 Å². The number of amides is 1. The number of nitrogens with one attached hydrogen (secondary N) is 1. The van der Waals surface area contributed by atoms with E-state index >= 15 is 0 Å². The van der Waals surface area contributed by atoms with Crippen LogP contribution in [0.25, 0.3) is 0 Å². The molecule has 0 rings (SSSR count). The fraction of sp³-hybridized carbons (Fsp3) is 0.710. The summed E-state index contributed by atoms with van der Waals surface area (Å²) in [5, 5.41) is 2.99. The molecule has 0 aromatic rings. The van der Waals surface area contributed by atoms with Gasteiger partial charge in [-0.2, -0.15) is 0 Å². The lowest BCUT2D eigenvalue weighted by Gasteiger charge is -2.30. The lowest BCUT2D eigenvalue weighted by molar-refractivity contribution is -0.870. The first kappa shape index (κ1) is 68.9. The number of phosphoric acid groups is 1. The van der Waals surface area contributed by atoms with Crippen molar-refractivity contribution in [1.29, 1.82) is 0 Å². The number of unbranched alkanes of at least 4 members (excludes halogenated alkanes) is 21. The molecule has 1 amide bonds. The van der Waals surface area contributed by atoms with Gasteiger partial charge in [-0.3, -0.25) is 14.2 Å². The van der Waals surface area contributed by atoms with E-state index in [1.54, 1.807) is 6.08 Å². The van der Waals surface area contributed by atoms with Crippen molar-refractivity contribution in [3.05, 3.63) is 97.2 Å². The molecule has 0 radical (unpaired) electrons. The van der Waals surface area contributed by atoms with Crippen molar-refractivity contribution in [2.45, 2.75) is 245 Å². The van der Waals surface area contributed by atoms with E-state index in [2.05, 4.69) is 111 Å². The van der Waals surface area contributed by atoms with Gasteiger partial charge >= 0.3 is 5.97 Å². The van der Waals surface area contributed by atoms with Gasteiger partial charge in [-0.25, -0.2) is 0 Å². The van der Waals surface area contributed by atoms with Gasteiger partial charge in [-0.05, 0) is 109 Å². The fourth-order valence-corrected chi connectivity index (χ4v) is 8.42. The summed E-state index contributed by atoms with van der Waals surface area (Å²) in [6, 6.07) is -0.927. The topological polar surface area (TPSA) is 114 Å². The molecule has 0 aromatic carbocycles. The molecule has 0 aromatic heterocycles. The Hall–Kier alpha value is -3.07. The molecule has 10 heteroatoms. The molecule has 0 aliphatic carbocycles. The molecule has 1 N–H and O–H groups in total. The van der Waals surface area contributed by atoms with Crippen LogP contribution in [0.15, 0.2) is 97.2 Å². The number of nitrogens with zero attached hydrogens (tertiary/aromatic N) is 1. The third-order valence-corrected chi connectivity index (χ3v) is 13.2. The Morgan fingerprint density at radius 2 is 0.861 bits per heavy atom. The molecule has 414 valence electrons. The number of carbonyl (C=O) groups is 2. The number of allylic oxidation sites excluding steroid dienone is 15. The van der Waals surface area contributed by atoms with Gasteiger partial charge < -0.3 is 28.5 Å². The van der Waals surface area contributed by atoms with Crippen LogP contribution in [0.5, 0.6) is 0 Å². The highest BCUT2D eigenvalue weighted by Crippen LogP contribution is 2.38. The molecular weight excluding hydrogens is 916 g/mol. The lowest BCUT2D eigenvalue weighted by atomic mass is 10.1. The predicted octanol–water partition coefficient (Wildman–Crippen LogP) is 17.0. The van der Waals surface area contributed by atoms with Crippen LogP contribution in [0, 0.1) is 0 Å². The number of phosphoric ester groups is 1. The van der Waals surface area contributed by atoms with E-state index in [1.807, 2.05) is 27.2 Å². The molecule has 0 saturated heterocycles. The molecule has 0 aliphatic rings. The van der Waals surface area contributed by atoms with Gasteiger partial charge in [0, 0.05) is 12.8 Å². The van der Waals surface area contributed by atoms with Crippen LogP contribution >= 0.6 is 7.82 Å². The number of likely N-dealkylation sites (N-methyl/N-ethyl adjacent to an activating group) is 1. The Balaban J connectivity index is 5.49. The molecule has 0 bridgehead atoms. The Morgan fingerprint density at radius 3 is 1.32 bits per heavy atom. The van der Waals surface area contributed by atoms with E-state index in [4.69, 9.17) is 13.8 Å². The molecule has 0 aliphatic heterocycles. The van der Waals surface area contributed by atoms with Crippen molar-refractivity contribution in [2.75, 3.05) is 40.9 Å². The SMILES string of the molecule is CCCCC/C=C\C/C=C\C/C=C\C/C=C\CCCC(=O)OC(/C=C/CCCCCCCCCCCC)C(COP(=O)([O-])OCC[N+](C)(C)C)NC(=O)CCCCCC/C=C\C/C=C\C/C=C\CCCCC. The number of hydrogen-bond donors (Lipinski definition) is 1. The zero-order valence-corrected chi connectivity index (χ0v) is 48.0. The monoisotopic (exact) mass is 1020 g/mol. The fourth-order valence-electron chi connectivity index (χ4n) is 7.70. The highest BCUT2D eigenvalue weighted by atomic mass is 31.2. The Kier molecular flexibility index (Phi) is 49.2.